The summed E-state index contributed by atoms with van der Waals surface area (Å²) in [7, 11) is 0. The molecule has 1 aliphatic heterocycles. The molecule has 0 N–H and O–H groups in total. The molecule has 5 rings (SSSR count). The van der Waals surface area contributed by atoms with E-state index in [0.29, 0.717) is 54.0 Å². The van der Waals surface area contributed by atoms with Crippen LogP contribution >= 0.6 is 0 Å². The maximum absolute atomic E-state index is 14.4. The van der Waals surface area contributed by atoms with Crippen LogP contribution in [0.4, 0.5) is 8.78 Å². The molecule has 4 heterocycles. The lowest BCUT2D eigenvalue weighted by Crippen LogP contribution is -2.06. The predicted octanol–water partition coefficient (Wildman–Crippen LogP) is 3.18. The quantitative estimate of drug-likeness (QED) is 0.545. The van der Waals surface area contributed by atoms with Gasteiger partial charge in [-0.25, -0.2) is 13.8 Å². The number of halogens is 2. The number of rotatable bonds is 4. The Kier molecular flexibility index (Phi) is 3.96. The molecular weight excluding hydrogens is 364 g/mol. The zero-order chi connectivity index (χ0) is 19.1. The van der Waals surface area contributed by atoms with E-state index in [1.54, 1.807) is 16.7 Å². The minimum absolute atomic E-state index is 0.238. The van der Waals surface area contributed by atoms with Gasteiger partial charge in [0.05, 0.1) is 6.61 Å². The fourth-order valence-corrected chi connectivity index (χ4v) is 3.64. The van der Waals surface area contributed by atoms with Crippen molar-refractivity contribution in [1.82, 2.24) is 24.6 Å². The second-order valence-electron chi connectivity index (χ2n) is 6.57. The molecular formula is C20H15F2N5O. The van der Waals surface area contributed by atoms with Crippen LogP contribution in [0.2, 0.25) is 0 Å². The van der Waals surface area contributed by atoms with E-state index in [1.165, 1.54) is 30.9 Å². The number of aryl methyl sites for hydroxylation is 1. The van der Waals surface area contributed by atoms with Crippen molar-refractivity contribution in [2.45, 2.75) is 19.3 Å². The number of nitrogens with zero attached hydrogens (tertiary/aromatic N) is 5. The summed E-state index contributed by atoms with van der Waals surface area (Å²) in [6, 6.07) is 4.40. The minimum atomic E-state index is -0.406. The van der Waals surface area contributed by atoms with Crippen LogP contribution in [0.1, 0.15) is 17.0 Å². The van der Waals surface area contributed by atoms with Gasteiger partial charge in [-0.3, -0.25) is 9.38 Å². The number of fused-ring (bicyclic) bond motifs is 2. The topological polar surface area (TPSA) is 65.2 Å². The Labute approximate surface area is 158 Å². The summed E-state index contributed by atoms with van der Waals surface area (Å²) in [6.45, 7) is 0.574. The van der Waals surface area contributed by atoms with Crippen LogP contribution in [0.5, 0.6) is 5.75 Å². The molecule has 1 aliphatic rings. The highest BCUT2D eigenvalue weighted by atomic mass is 19.1. The molecule has 0 saturated carbocycles. The van der Waals surface area contributed by atoms with Crippen molar-refractivity contribution in [2.24, 2.45) is 0 Å². The molecule has 0 radical (unpaired) electrons. The Morgan fingerprint density at radius 3 is 2.86 bits per heavy atom. The summed E-state index contributed by atoms with van der Waals surface area (Å²) in [5.41, 5.74) is 2.88. The van der Waals surface area contributed by atoms with Crippen molar-refractivity contribution < 1.29 is 13.5 Å². The third-order valence-corrected chi connectivity index (χ3v) is 5.01. The predicted molar refractivity (Wildman–Crippen MR) is 97.0 cm³/mol. The van der Waals surface area contributed by atoms with E-state index in [2.05, 4.69) is 20.2 Å². The lowest BCUT2D eigenvalue weighted by Gasteiger charge is -2.11. The molecule has 0 saturated heterocycles. The van der Waals surface area contributed by atoms with E-state index in [9.17, 15) is 8.78 Å². The molecule has 0 bridgehead atoms. The first-order valence-electron chi connectivity index (χ1n) is 8.93. The Balaban J connectivity index is 1.51. The molecule has 28 heavy (non-hydrogen) atoms. The van der Waals surface area contributed by atoms with Gasteiger partial charge in [-0.05, 0) is 30.2 Å². The number of pyridine rings is 1. The summed E-state index contributed by atoms with van der Waals surface area (Å²) in [5, 5.41) is 8.06. The summed E-state index contributed by atoms with van der Waals surface area (Å²) in [5.74, 6) is 0.778. The van der Waals surface area contributed by atoms with E-state index >= 15 is 0 Å². The summed E-state index contributed by atoms with van der Waals surface area (Å²) in [6.07, 6.45) is 7.58. The van der Waals surface area contributed by atoms with Crippen molar-refractivity contribution in [3.05, 3.63) is 71.7 Å². The van der Waals surface area contributed by atoms with Crippen LogP contribution in [0.15, 0.2) is 43.1 Å². The zero-order valence-corrected chi connectivity index (χ0v) is 14.8. The molecule has 1 aromatic carbocycles. The first-order chi connectivity index (χ1) is 13.7. The third-order valence-electron chi connectivity index (χ3n) is 5.01. The maximum Gasteiger partial charge on any atom is 0.171 e. The molecule has 0 amide bonds. The van der Waals surface area contributed by atoms with Crippen LogP contribution in [0.3, 0.4) is 0 Å². The third kappa shape index (κ3) is 2.69. The summed E-state index contributed by atoms with van der Waals surface area (Å²) >= 11 is 0. The van der Waals surface area contributed by atoms with Gasteiger partial charge < -0.3 is 4.74 Å². The zero-order valence-electron chi connectivity index (χ0n) is 14.8. The van der Waals surface area contributed by atoms with Crippen LogP contribution < -0.4 is 4.74 Å². The molecule has 140 valence electrons. The summed E-state index contributed by atoms with van der Waals surface area (Å²) in [4.78, 5) is 8.45. The smallest absolute Gasteiger partial charge is 0.171 e. The first-order valence-corrected chi connectivity index (χ1v) is 8.93. The van der Waals surface area contributed by atoms with Gasteiger partial charge in [0.2, 0.25) is 0 Å². The van der Waals surface area contributed by atoms with Crippen molar-refractivity contribution in [1.29, 1.82) is 0 Å². The average molecular weight is 379 g/mol. The Morgan fingerprint density at radius 1 is 1.04 bits per heavy atom. The number of aromatic nitrogens is 5. The van der Waals surface area contributed by atoms with Crippen molar-refractivity contribution >= 4 is 5.65 Å². The largest absolute Gasteiger partial charge is 0.493 e. The van der Waals surface area contributed by atoms with Crippen LogP contribution in [-0.4, -0.2) is 31.2 Å². The molecule has 6 nitrogen and oxygen atoms in total. The van der Waals surface area contributed by atoms with Crippen LogP contribution in [0, 0.1) is 11.6 Å². The van der Waals surface area contributed by atoms with Gasteiger partial charge in [-0.2, -0.15) is 0 Å². The fraction of sp³-hybridized carbons (Fsp3) is 0.200. The Morgan fingerprint density at radius 2 is 1.96 bits per heavy atom. The van der Waals surface area contributed by atoms with Gasteiger partial charge in [0.15, 0.2) is 5.65 Å². The van der Waals surface area contributed by atoms with Gasteiger partial charge >= 0.3 is 0 Å². The molecule has 0 spiro atoms. The molecule has 0 fully saturated rings. The number of hydrogen-bond acceptors (Lipinski definition) is 5. The van der Waals surface area contributed by atoms with Crippen molar-refractivity contribution in [3.63, 3.8) is 0 Å². The second kappa shape index (κ2) is 6.63. The van der Waals surface area contributed by atoms with Crippen LogP contribution in [-0.2, 0) is 19.3 Å². The lowest BCUT2D eigenvalue weighted by atomic mass is 10.00. The maximum atomic E-state index is 14.4. The van der Waals surface area contributed by atoms with Gasteiger partial charge in [0.1, 0.15) is 29.5 Å². The Hall–Kier alpha value is -3.42. The average Bonchev–Trinajstić information content (AvgIpc) is 3.37. The minimum Gasteiger partial charge on any atom is -0.493 e. The lowest BCUT2D eigenvalue weighted by molar-refractivity contribution is 0.356. The molecule has 8 heteroatoms. The molecule has 0 atom stereocenters. The van der Waals surface area contributed by atoms with Gasteiger partial charge in [0, 0.05) is 48.1 Å². The highest BCUT2D eigenvalue weighted by Gasteiger charge is 2.20. The Bertz CT molecular complexity index is 1190. The van der Waals surface area contributed by atoms with E-state index in [1.807, 2.05) is 0 Å². The van der Waals surface area contributed by atoms with E-state index in [4.69, 9.17) is 4.74 Å². The fourth-order valence-electron chi connectivity index (χ4n) is 3.64. The number of hydrogen-bond donors (Lipinski definition) is 0. The number of benzene rings is 1. The second-order valence-corrected chi connectivity index (χ2v) is 6.57. The van der Waals surface area contributed by atoms with Crippen molar-refractivity contribution in [3.8, 4) is 16.9 Å². The van der Waals surface area contributed by atoms with E-state index in [0.717, 1.165) is 11.3 Å². The SMILES string of the molecule is Fc1ccncc1-c1cnc(CCc2c(F)ccc3c2CCO3)n2cnnc12. The molecule has 0 aliphatic carbocycles. The standard InChI is InChI=1S/C20H15F2N5O/c21-16-2-3-18-13(6-8-28-18)12(16)1-4-19-24-10-15(20-26-25-11-27(19)20)14-9-23-7-5-17(14)22/h2-3,5,7,9-11H,1,4,6,8H2. The van der Waals surface area contributed by atoms with E-state index < -0.39 is 5.82 Å². The highest BCUT2D eigenvalue weighted by molar-refractivity contribution is 5.76. The normalized spacial score (nSPS) is 12.9. The van der Waals surface area contributed by atoms with Gasteiger partial charge in [-0.15, -0.1) is 10.2 Å². The van der Waals surface area contributed by atoms with E-state index in [-0.39, 0.29) is 5.82 Å². The monoisotopic (exact) mass is 379 g/mol. The molecule has 0 unspecified atom stereocenters. The molecule has 4 aromatic rings. The van der Waals surface area contributed by atoms with Gasteiger partial charge in [-0.1, -0.05) is 0 Å². The van der Waals surface area contributed by atoms with Gasteiger partial charge in [0.25, 0.3) is 0 Å². The summed E-state index contributed by atoms with van der Waals surface area (Å²) < 4.78 is 35.8. The highest BCUT2D eigenvalue weighted by Crippen LogP contribution is 2.31. The molecule has 3 aromatic heterocycles. The first kappa shape index (κ1) is 16.7. The number of ether oxygens (including phenoxy) is 1. The van der Waals surface area contributed by atoms with Crippen LogP contribution in [0.25, 0.3) is 16.8 Å². The van der Waals surface area contributed by atoms with Crippen molar-refractivity contribution in [2.75, 3.05) is 6.61 Å².